The van der Waals surface area contributed by atoms with E-state index in [1.807, 2.05) is 13.2 Å². The van der Waals surface area contributed by atoms with Gasteiger partial charge in [-0.05, 0) is 39.9 Å². The molecule has 0 fully saturated rings. The Hall–Kier alpha value is -1.42. The van der Waals surface area contributed by atoms with Gasteiger partial charge in [0.2, 0.25) is 0 Å². The molecule has 0 saturated carbocycles. The number of rotatable bonds is 2. The molecule has 1 aromatic heterocycles. The summed E-state index contributed by atoms with van der Waals surface area (Å²) in [5, 5.41) is 3.08. The van der Waals surface area contributed by atoms with Crippen molar-refractivity contribution in [1.29, 1.82) is 0 Å². The summed E-state index contributed by atoms with van der Waals surface area (Å²) in [6.07, 6.45) is 3.92. The van der Waals surface area contributed by atoms with Crippen LogP contribution < -0.4 is 5.32 Å². The molecule has 0 bridgehead atoms. The van der Waals surface area contributed by atoms with Gasteiger partial charge in [0, 0.05) is 19.2 Å². The van der Waals surface area contributed by atoms with Crippen LogP contribution in [-0.4, -0.2) is 17.0 Å². The molecule has 1 heterocycles. The molecule has 0 aliphatic heterocycles. The van der Waals surface area contributed by atoms with Crippen molar-refractivity contribution in [3.05, 3.63) is 51.9 Å². The van der Waals surface area contributed by atoms with Crippen LogP contribution in [0, 0.1) is 0 Å². The highest BCUT2D eigenvalue weighted by Gasteiger charge is 2.25. The Morgan fingerprint density at radius 3 is 2.50 bits per heavy atom. The SMILES string of the molecule is CNc1nc(C2Cc3ccccc3C2)ncc1Br. The Balaban J connectivity index is 1.90. The predicted molar refractivity (Wildman–Crippen MR) is 75.9 cm³/mol. The normalized spacial score (nSPS) is 14.6. The van der Waals surface area contributed by atoms with Crippen LogP contribution in [-0.2, 0) is 12.8 Å². The lowest BCUT2D eigenvalue weighted by atomic mass is 10.1. The number of nitrogens with zero attached hydrogens (tertiary/aromatic N) is 2. The third-order valence-corrected chi connectivity index (χ3v) is 4.00. The fraction of sp³-hybridized carbons (Fsp3) is 0.286. The fourth-order valence-corrected chi connectivity index (χ4v) is 2.88. The number of aromatic nitrogens is 2. The van der Waals surface area contributed by atoms with Gasteiger partial charge in [-0.25, -0.2) is 9.97 Å². The maximum Gasteiger partial charge on any atom is 0.143 e. The first-order valence-corrected chi connectivity index (χ1v) is 6.84. The number of hydrogen-bond donors (Lipinski definition) is 1. The molecule has 1 aromatic carbocycles. The first-order valence-electron chi connectivity index (χ1n) is 6.05. The smallest absolute Gasteiger partial charge is 0.143 e. The van der Waals surface area contributed by atoms with Crippen LogP contribution >= 0.6 is 15.9 Å². The van der Waals surface area contributed by atoms with Crippen molar-refractivity contribution in [1.82, 2.24) is 9.97 Å². The molecule has 2 aromatic rings. The van der Waals surface area contributed by atoms with Gasteiger partial charge < -0.3 is 5.32 Å². The maximum atomic E-state index is 4.59. The monoisotopic (exact) mass is 303 g/mol. The van der Waals surface area contributed by atoms with Crippen molar-refractivity contribution in [3.8, 4) is 0 Å². The van der Waals surface area contributed by atoms with Crippen molar-refractivity contribution in [3.63, 3.8) is 0 Å². The Bertz CT molecular complexity index is 558. The highest BCUT2D eigenvalue weighted by atomic mass is 79.9. The molecule has 3 nitrogen and oxygen atoms in total. The van der Waals surface area contributed by atoms with Crippen molar-refractivity contribution in [2.45, 2.75) is 18.8 Å². The van der Waals surface area contributed by atoms with Crippen LogP contribution in [0.3, 0.4) is 0 Å². The average molecular weight is 304 g/mol. The topological polar surface area (TPSA) is 37.8 Å². The summed E-state index contributed by atoms with van der Waals surface area (Å²) in [5.41, 5.74) is 2.86. The first-order chi connectivity index (χ1) is 8.78. The van der Waals surface area contributed by atoms with Crippen LogP contribution in [0.25, 0.3) is 0 Å². The van der Waals surface area contributed by atoms with E-state index < -0.39 is 0 Å². The van der Waals surface area contributed by atoms with Gasteiger partial charge in [0.25, 0.3) is 0 Å². The van der Waals surface area contributed by atoms with E-state index >= 15 is 0 Å². The molecular weight excluding hydrogens is 290 g/mol. The predicted octanol–water partition coefficient (Wildman–Crippen LogP) is 3.16. The lowest BCUT2D eigenvalue weighted by molar-refractivity contribution is 0.682. The lowest BCUT2D eigenvalue weighted by Crippen LogP contribution is -2.06. The van der Waals surface area contributed by atoms with E-state index in [1.54, 1.807) is 0 Å². The Morgan fingerprint density at radius 2 is 1.89 bits per heavy atom. The third kappa shape index (κ3) is 2.01. The summed E-state index contributed by atoms with van der Waals surface area (Å²) < 4.78 is 0.907. The van der Waals surface area contributed by atoms with Gasteiger partial charge in [-0.3, -0.25) is 0 Å². The van der Waals surface area contributed by atoms with E-state index in [2.05, 4.69) is 55.5 Å². The Morgan fingerprint density at radius 1 is 1.22 bits per heavy atom. The molecule has 3 rings (SSSR count). The molecule has 18 heavy (non-hydrogen) atoms. The van der Waals surface area contributed by atoms with E-state index in [0.717, 1.165) is 29.0 Å². The van der Waals surface area contributed by atoms with Crippen molar-refractivity contribution >= 4 is 21.7 Å². The summed E-state index contributed by atoms with van der Waals surface area (Å²) in [7, 11) is 1.88. The molecule has 1 aliphatic rings. The second-order valence-corrected chi connectivity index (χ2v) is 5.40. The van der Waals surface area contributed by atoms with Crippen molar-refractivity contribution < 1.29 is 0 Å². The first kappa shape index (κ1) is 11.7. The van der Waals surface area contributed by atoms with E-state index in [1.165, 1.54) is 11.1 Å². The molecule has 0 unspecified atom stereocenters. The highest BCUT2D eigenvalue weighted by molar-refractivity contribution is 9.10. The zero-order chi connectivity index (χ0) is 12.5. The summed E-state index contributed by atoms with van der Waals surface area (Å²) in [6, 6.07) is 8.60. The Kier molecular flexibility index (Phi) is 3.04. The second kappa shape index (κ2) is 4.69. The van der Waals surface area contributed by atoms with Crippen LogP contribution in [0.15, 0.2) is 34.9 Å². The van der Waals surface area contributed by atoms with Gasteiger partial charge in [0.05, 0.1) is 4.47 Å². The molecule has 0 atom stereocenters. The van der Waals surface area contributed by atoms with E-state index in [4.69, 9.17) is 0 Å². The highest BCUT2D eigenvalue weighted by Crippen LogP contribution is 2.33. The number of nitrogens with one attached hydrogen (secondary N) is 1. The van der Waals surface area contributed by atoms with E-state index in [-0.39, 0.29) is 0 Å². The van der Waals surface area contributed by atoms with Crippen molar-refractivity contribution in [2.24, 2.45) is 0 Å². The minimum Gasteiger partial charge on any atom is -0.372 e. The lowest BCUT2D eigenvalue weighted by Gasteiger charge is -2.10. The number of halogens is 1. The van der Waals surface area contributed by atoms with E-state index in [0.29, 0.717) is 5.92 Å². The summed E-state index contributed by atoms with van der Waals surface area (Å²) in [5.74, 6) is 2.19. The average Bonchev–Trinajstić information content (AvgIpc) is 2.83. The molecule has 92 valence electrons. The minimum atomic E-state index is 0.405. The maximum absolute atomic E-state index is 4.59. The fourth-order valence-electron chi connectivity index (χ4n) is 2.49. The molecule has 0 radical (unpaired) electrons. The number of hydrogen-bond acceptors (Lipinski definition) is 3. The number of anilines is 1. The van der Waals surface area contributed by atoms with E-state index in [9.17, 15) is 0 Å². The molecule has 0 spiro atoms. The summed E-state index contributed by atoms with van der Waals surface area (Å²) in [4.78, 5) is 9.04. The largest absolute Gasteiger partial charge is 0.372 e. The van der Waals surface area contributed by atoms with Gasteiger partial charge in [0.1, 0.15) is 11.6 Å². The number of benzene rings is 1. The Labute approximate surface area is 115 Å². The third-order valence-electron chi connectivity index (χ3n) is 3.42. The van der Waals surface area contributed by atoms with Gasteiger partial charge in [-0.15, -0.1) is 0 Å². The van der Waals surface area contributed by atoms with Crippen molar-refractivity contribution in [2.75, 3.05) is 12.4 Å². The standard InChI is InChI=1S/C14H14BrN3/c1-16-14-12(15)8-17-13(18-14)11-6-9-4-2-3-5-10(9)7-11/h2-5,8,11H,6-7H2,1H3,(H,16,17,18). The zero-order valence-electron chi connectivity index (χ0n) is 10.2. The molecule has 0 amide bonds. The van der Waals surface area contributed by atoms with Crippen LogP contribution in [0.2, 0.25) is 0 Å². The van der Waals surface area contributed by atoms with Crippen LogP contribution in [0.4, 0.5) is 5.82 Å². The molecule has 1 N–H and O–H groups in total. The molecule has 1 aliphatic carbocycles. The molecular formula is C14H14BrN3. The van der Waals surface area contributed by atoms with Gasteiger partial charge in [0.15, 0.2) is 0 Å². The van der Waals surface area contributed by atoms with Gasteiger partial charge in [-0.1, -0.05) is 24.3 Å². The van der Waals surface area contributed by atoms with Crippen LogP contribution in [0.1, 0.15) is 22.9 Å². The van der Waals surface area contributed by atoms with Gasteiger partial charge >= 0.3 is 0 Å². The van der Waals surface area contributed by atoms with Crippen LogP contribution in [0.5, 0.6) is 0 Å². The number of fused-ring (bicyclic) bond motifs is 1. The summed E-state index contributed by atoms with van der Waals surface area (Å²) in [6.45, 7) is 0. The summed E-state index contributed by atoms with van der Waals surface area (Å²) >= 11 is 3.44. The zero-order valence-corrected chi connectivity index (χ0v) is 11.7. The minimum absolute atomic E-state index is 0.405. The van der Waals surface area contributed by atoms with Gasteiger partial charge in [-0.2, -0.15) is 0 Å². The second-order valence-electron chi connectivity index (χ2n) is 4.55. The molecule has 0 saturated heterocycles. The molecule has 4 heteroatoms. The quantitative estimate of drug-likeness (QED) is 0.926.